The minimum atomic E-state index is -0.223. The van der Waals surface area contributed by atoms with Crippen molar-refractivity contribution in [1.82, 2.24) is 0 Å². The van der Waals surface area contributed by atoms with E-state index in [0.717, 1.165) is 30.4 Å². The van der Waals surface area contributed by atoms with Crippen LogP contribution >= 0.6 is 0 Å². The molecule has 0 saturated carbocycles. The van der Waals surface area contributed by atoms with Gasteiger partial charge in [-0.25, -0.2) is 0 Å². The molecule has 1 aromatic carbocycles. The lowest BCUT2D eigenvalue weighted by atomic mass is 9.81. The standard InChI is InChI=1S/C15H16O3/c1-17-12-7-10-9-15(5-3-4-6-15)14(16)11(10)8-13(12)18-2/h3-4,7-8H,5-6,9H2,1-2H3. The van der Waals surface area contributed by atoms with Gasteiger partial charge >= 0.3 is 0 Å². The van der Waals surface area contributed by atoms with E-state index in [2.05, 4.69) is 12.2 Å². The molecule has 3 heteroatoms. The van der Waals surface area contributed by atoms with Crippen molar-refractivity contribution in [2.75, 3.05) is 14.2 Å². The zero-order valence-corrected chi connectivity index (χ0v) is 10.7. The van der Waals surface area contributed by atoms with E-state index in [9.17, 15) is 4.79 Å². The molecule has 0 unspecified atom stereocenters. The third-order valence-corrected chi connectivity index (χ3v) is 4.05. The molecule has 0 amide bonds. The number of carbonyl (C=O) groups excluding carboxylic acids is 1. The molecule has 94 valence electrons. The summed E-state index contributed by atoms with van der Waals surface area (Å²) in [6, 6.07) is 3.77. The average Bonchev–Trinajstić information content (AvgIpc) is 2.96. The van der Waals surface area contributed by atoms with Crippen LogP contribution < -0.4 is 9.47 Å². The fourth-order valence-corrected chi connectivity index (χ4v) is 3.04. The average molecular weight is 244 g/mol. The quantitative estimate of drug-likeness (QED) is 0.750. The van der Waals surface area contributed by atoms with Crippen LogP contribution in [-0.4, -0.2) is 20.0 Å². The zero-order valence-electron chi connectivity index (χ0n) is 10.7. The molecule has 0 atom stereocenters. The van der Waals surface area contributed by atoms with Gasteiger partial charge in [-0.3, -0.25) is 4.79 Å². The normalized spacial score (nSPS) is 19.3. The highest BCUT2D eigenvalue weighted by Crippen LogP contribution is 2.48. The number of hydrogen-bond acceptors (Lipinski definition) is 3. The highest BCUT2D eigenvalue weighted by Gasteiger charge is 2.45. The Balaban J connectivity index is 2.07. The molecule has 1 spiro atoms. The molecular weight excluding hydrogens is 228 g/mol. The zero-order chi connectivity index (χ0) is 12.8. The third kappa shape index (κ3) is 1.40. The molecule has 18 heavy (non-hydrogen) atoms. The number of hydrogen-bond donors (Lipinski definition) is 0. The van der Waals surface area contributed by atoms with E-state index in [0.29, 0.717) is 11.5 Å². The van der Waals surface area contributed by atoms with Crippen LogP contribution in [0.2, 0.25) is 0 Å². The lowest BCUT2D eigenvalue weighted by molar-refractivity contribution is 0.0834. The van der Waals surface area contributed by atoms with Crippen LogP contribution in [0, 0.1) is 5.41 Å². The third-order valence-electron chi connectivity index (χ3n) is 4.05. The van der Waals surface area contributed by atoms with Gasteiger partial charge in [-0.2, -0.15) is 0 Å². The Morgan fingerprint density at radius 2 is 1.67 bits per heavy atom. The number of benzene rings is 1. The molecule has 3 nitrogen and oxygen atoms in total. The second-order valence-corrected chi connectivity index (χ2v) is 5.03. The first kappa shape index (κ1) is 11.3. The van der Waals surface area contributed by atoms with Crippen LogP contribution in [0.5, 0.6) is 11.5 Å². The fraction of sp³-hybridized carbons (Fsp3) is 0.400. The van der Waals surface area contributed by atoms with Gasteiger partial charge in [0.25, 0.3) is 0 Å². The molecule has 0 heterocycles. The molecule has 0 aliphatic heterocycles. The second kappa shape index (κ2) is 3.87. The Bertz CT molecular complexity index is 535. The van der Waals surface area contributed by atoms with Gasteiger partial charge in [0.05, 0.1) is 14.2 Å². The van der Waals surface area contributed by atoms with Gasteiger partial charge in [-0.05, 0) is 37.0 Å². The molecule has 2 aliphatic carbocycles. The van der Waals surface area contributed by atoms with E-state index in [4.69, 9.17) is 9.47 Å². The number of ketones is 1. The monoisotopic (exact) mass is 244 g/mol. The minimum Gasteiger partial charge on any atom is -0.493 e. The topological polar surface area (TPSA) is 35.5 Å². The molecule has 0 aromatic heterocycles. The highest BCUT2D eigenvalue weighted by molar-refractivity contribution is 6.06. The van der Waals surface area contributed by atoms with Crippen LogP contribution in [0.4, 0.5) is 0 Å². The molecule has 0 bridgehead atoms. The molecular formula is C15H16O3. The molecule has 0 saturated heterocycles. The summed E-state index contributed by atoms with van der Waals surface area (Å²) < 4.78 is 10.6. The summed E-state index contributed by atoms with van der Waals surface area (Å²) >= 11 is 0. The van der Waals surface area contributed by atoms with E-state index >= 15 is 0 Å². The first-order valence-electron chi connectivity index (χ1n) is 6.15. The summed E-state index contributed by atoms with van der Waals surface area (Å²) in [5.74, 6) is 1.59. The first-order valence-corrected chi connectivity index (χ1v) is 6.15. The summed E-state index contributed by atoms with van der Waals surface area (Å²) in [4.78, 5) is 12.6. The van der Waals surface area contributed by atoms with Crippen molar-refractivity contribution in [3.05, 3.63) is 35.4 Å². The molecule has 1 aromatic rings. The summed E-state index contributed by atoms with van der Waals surface area (Å²) in [5, 5.41) is 0. The number of allylic oxidation sites excluding steroid dienone is 2. The SMILES string of the molecule is COc1cc2c(cc1OC)C(=O)C1(CC=CC1)C2. The first-order chi connectivity index (χ1) is 8.70. The molecule has 0 fully saturated rings. The van der Waals surface area contributed by atoms with Crippen molar-refractivity contribution in [2.24, 2.45) is 5.41 Å². The second-order valence-electron chi connectivity index (χ2n) is 5.03. The summed E-state index contributed by atoms with van der Waals surface area (Å²) in [6.45, 7) is 0. The number of rotatable bonds is 2. The van der Waals surface area contributed by atoms with Gasteiger partial charge in [-0.1, -0.05) is 12.2 Å². The number of ether oxygens (including phenoxy) is 2. The van der Waals surface area contributed by atoms with Crippen molar-refractivity contribution in [1.29, 1.82) is 0 Å². The summed E-state index contributed by atoms with van der Waals surface area (Å²) in [5.41, 5.74) is 1.66. The van der Waals surface area contributed by atoms with Crippen LogP contribution in [0.25, 0.3) is 0 Å². The van der Waals surface area contributed by atoms with E-state index in [1.165, 1.54) is 0 Å². The number of fused-ring (bicyclic) bond motifs is 1. The van der Waals surface area contributed by atoms with Gasteiger partial charge < -0.3 is 9.47 Å². The number of carbonyl (C=O) groups is 1. The molecule has 2 aliphatic rings. The van der Waals surface area contributed by atoms with E-state index in [-0.39, 0.29) is 11.2 Å². The smallest absolute Gasteiger partial charge is 0.170 e. The van der Waals surface area contributed by atoms with Gasteiger partial charge in [0, 0.05) is 11.0 Å². The Morgan fingerprint density at radius 3 is 2.28 bits per heavy atom. The maximum atomic E-state index is 12.6. The number of Topliss-reactive ketones (excluding diaryl/α,β-unsaturated/α-hetero) is 1. The maximum absolute atomic E-state index is 12.6. The summed E-state index contributed by atoms with van der Waals surface area (Å²) in [6.07, 6.45) is 6.74. The molecule has 3 rings (SSSR count). The van der Waals surface area contributed by atoms with Crippen LogP contribution in [0.3, 0.4) is 0 Å². The minimum absolute atomic E-state index is 0.223. The van der Waals surface area contributed by atoms with Crippen molar-refractivity contribution in [3.63, 3.8) is 0 Å². The van der Waals surface area contributed by atoms with Crippen molar-refractivity contribution < 1.29 is 14.3 Å². The van der Waals surface area contributed by atoms with E-state index in [1.54, 1.807) is 14.2 Å². The predicted molar refractivity (Wildman–Crippen MR) is 68.4 cm³/mol. The van der Waals surface area contributed by atoms with Crippen molar-refractivity contribution in [3.8, 4) is 11.5 Å². The van der Waals surface area contributed by atoms with Gasteiger partial charge in [-0.15, -0.1) is 0 Å². The van der Waals surface area contributed by atoms with Crippen LogP contribution in [0.15, 0.2) is 24.3 Å². The summed E-state index contributed by atoms with van der Waals surface area (Å²) in [7, 11) is 3.21. The van der Waals surface area contributed by atoms with Gasteiger partial charge in [0.1, 0.15) is 0 Å². The predicted octanol–water partition coefficient (Wildman–Crippen LogP) is 2.78. The Hall–Kier alpha value is -1.77. The van der Waals surface area contributed by atoms with Gasteiger partial charge in [0.15, 0.2) is 17.3 Å². The Kier molecular flexibility index (Phi) is 2.44. The van der Waals surface area contributed by atoms with E-state index in [1.807, 2.05) is 12.1 Å². The fourth-order valence-electron chi connectivity index (χ4n) is 3.04. The Labute approximate surface area is 106 Å². The largest absolute Gasteiger partial charge is 0.493 e. The van der Waals surface area contributed by atoms with E-state index < -0.39 is 0 Å². The molecule has 0 radical (unpaired) electrons. The number of methoxy groups -OCH3 is 2. The molecule has 0 N–H and O–H groups in total. The van der Waals surface area contributed by atoms with Crippen LogP contribution in [0.1, 0.15) is 28.8 Å². The van der Waals surface area contributed by atoms with Crippen LogP contribution in [-0.2, 0) is 6.42 Å². The lowest BCUT2D eigenvalue weighted by Gasteiger charge is -2.19. The van der Waals surface area contributed by atoms with Crippen molar-refractivity contribution in [2.45, 2.75) is 19.3 Å². The van der Waals surface area contributed by atoms with Gasteiger partial charge in [0.2, 0.25) is 0 Å². The maximum Gasteiger partial charge on any atom is 0.170 e. The Morgan fingerprint density at radius 1 is 1.06 bits per heavy atom. The lowest BCUT2D eigenvalue weighted by Crippen LogP contribution is -2.24. The highest BCUT2D eigenvalue weighted by atomic mass is 16.5. The van der Waals surface area contributed by atoms with Crippen molar-refractivity contribution >= 4 is 5.78 Å².